The Balaban J connectivity index is -0.000000514. The molecule has 1 N–H and O–H groups in total. The fraction of sp³-hybridized carbons (Fsp3) is 0.286. The number of fused-ring (bicyclic) bond motifs is 1. The van der Waals surface area contributed by atoms with Crippen molar-refractivity contribution in [2.24, 2.45) is 0 Å². The fourth-order valence-electron chi connectivity index (χ4n) is 3.27. The summed E-state index contributed by atoms with van der Waals surface area (Å²) in [6.07, 6.45) is 0. The van der Waals surface area contributed by atoms with Crippen molar-refractivity contribution in [2.75, 3.05) is 26.6 Å². The molecule has 0 saturated heterocycles. The molecule has 4 aromatic rings. The van der Waals surface area contributed by atoms with Crippen LogP contribution >= 0.6 is 0 Å². The summed E-state index contributed by atoms with van der Waals surface area (Å²) in [4.78, 5) is 32.9. The van der Waals surface area contributed by atoms with E-state index in [0.717, 1.165) is 33.5 Å². The molecule has 4 rings (SSSR count). The average molecular weight is 564 g/mol. The Morgan fingerprint density at radius 1 is 0.512 bits per heavy atom. The smallest absolute Gasteiger partial charge is 0.159 e. The molecule has 0 fully saturated rings. The minimum atomic E-state index is 0. The Hall–Kier alpha value is -4.45. The van der Waals surface area contributed by atoms with Crippen molar-refractivity contribution in [3.63, 3.8) is 0 Å². The zero-order valence-electron chi connectivity index (χ0n) is 22.1. The molecule has 0 aliphatic rings. The SMILES string of the molecule is C.C.C.C.CC(=O)c1ccc(C(C)=O)cc1.CNc1ccc(OC)cc1.COc1ccc2cc(C(C)=O)ccc2c1. The van der Waals surface area contributed by atoms with Crippen molar-refractivity contribution in [3.8, 4) is 11.5 Å². The second-order valence-electron chi connectivity index (χ2n) is 8.15. The number of ketones is 3. The van der Waals surface area contributed by atoms with Gasteiger partial charge in [0, 0.05) is 29.4 Å². The van der Waals surface area contributed by atoms with E-state index in [-0.39, 0.29) is 47.1 Å². The molecule has 0 heterocycles. The van der Waals surface area contributed by atoms with E-state index in [1.54, 1.807) is 45.4 Å². The van der Waals surface area contributed by atoms with E-state index in [9.17, 15) is 14.4 Å². The summed E-state index contributed by atoms with van der Waals surface area (Å²) < 4.78 is 10.1. The maximum atomic E-state index is 11.2. The van der Waals surface area contributed by atoms with Crippen LogP contribution in [0, 0.1) is 0 Å². The van der Waals surface area contributed by atoms with Crippen LogP contribution in [0.1, 0.15) is 81.6 Å². The minimum Gasteiger partial charge on any atom is -0.497 e. The average Bonchev–Trinajstić information content (AvgIpc) is 2.93. The van der Waals surface area contributed by atoms with Gasteiger partial charge in [0.05, 0.1) is 14.2 Å². The van der Waals surface area contributed by atoms with Gasteiger partial charge in [-0.05, 0) is 74.0 Å². The highest BCUT2D eigenvalue weighted by atomic mass is 16.5. The standard InChI is InChI=1S/C13H12O2.C10H10O2.C8H11NO.4CH4/c1-9(14)10-3-4-12-8-13(15-2)6-5-11(12)7-10;1-7(11)9-3-5-10(6-4-9)8(2)12;1-9-7-3-5-8(10-2)6-4-7;;;;/h3-8H,1-2H3;3-6H,1-2H3;3-6,9H,1-2H3;4*1H4. The summed E-state index contributed by atoms with van der Waals surface area (Å²) in [7, 11) is 5.20. The van der Waals surface area contributed by atoms with Gasteiger partial charge < -0.3 is 14.8 Å². The summed E-state index contributed by atoms with van der Waals surface area (Å²) in [5, 5.41) is 5.16. The minimum absolute atomic E-state index is 0. The fourth-order valence-corrected chi connectivity index (χ4v) is 3.27. The number of ether oxygens (including phenoxy) is 2. The molecule has 0 unspecified atom stereocenters. The van der Waals surface area contributed by atoms with Crippen LogP contribution in [0.25, 0.3) is 10.8 Å². The summed E-state index contributed by atoms with van der Waals surface area (Å²) in [6.45, 7) is 4.58. The molecule has 0 amide bonds. The Bertz CT molecular complexity index is 1290. The Labute approximate surface area is 247 Å². The van der Waals surface area contributed by atoms with Gasteiger partial charge in [-0.15, -0.1) is 0 Å². The van der Waals surface area contributed by atoms with Crippen LogP contribution in [-0.4, -0.2) is 38.6 Å². The van der Waals surface area contributed by atoms with Gasteiger partial charge in [0.15, 0.2) is 17.3 Å². The third-order valence-electron chi connectivity index (χ3n) is 5.53. The van der Waals surface area contributed by atoms with Crippen LogP contribution in [0.15, 0.2) is 84.9 Å². The number of methoxy groups -OCH3 is 2. The lowest BCUT2D eigenvalue weighted by atomic mass is 10.0. The van der Waals surface area contributed by atoms with Gasteiger partial charge in [-0.3, -0.25) is 14.4 Å². The van der Waals surface area contributed by atoms with E-state index in [4.69, 9.17) is 9.47 Å². The van der Waals surface area contributed by atoms with Crippen molar-refractivity contribution in [2.45, 2.75) is 50.5 Å². The molecule has 0 radical (unpaired) electrons. The van der Waals surface area contributed by atoms with Crippen LogP contribution in [-0.2, 0) is 0 Å². The van der Waals surface area contributed by atoms with Gasteiger partial charge in [-0.2, -0.15) is 0 Å². The zero-order valence-corrected chi connectivity index (χ0v) is 22.1. The molecule has 6 heteroatoms. The van der Waals surface area contributed by atoms with Crippen molar-refractivity contribution < 1.29 is 23.9 Å². The molecule has 6 nitrogen and oxygen atoms in total. The van der Waals surface area contributed by atoms with Crippen LogP contribution in [0.3, 0.4) is 0 Å². The normalized spacial score (nSPS) is 8.73. The van der Waals surface area contributed by atoms with E-state index in [1.165, 1.54) is 13.8 Å². The monoisotopic (exact) mass is 563 g/mol. The number of carbonyl (C=O) groups excluding carboxylic acids is 3. The molecule has 4 aromatic carbocycles. The lowest BCUT2D eigenvalue weighted by molar-refractivity contribution is 0.100. The Morgan fingerprint density at radius 2 is 0.878 bits per heavy atom. The second-order valence-corrected chi connectivity index (χ2v) is 8.15. The maximum Gasteiger partial charge on any atom is 0.159 e. The molecule has 224 valence electrons. The number of benzene rings is 4. The second kappa shape index (κ2) is 20.5. The van der Waals surface area contributed by atoms with Gasteiger partial charge >= 0.3 is 0 Å². The number of nitrogens with one attached hydrogen (secondary N) is 1. The highest BCUT2D eigenvalue weighted by Crippen LogP contribution is 2.22. The van der Waals surface area contributed by atoms with Crippen LogP contribution in [0.4, 0.5) is 5.69 Å². The molecule has 0 aromatic heterocycles. The van der Waals surface area contributed by atoms with Crippen molar-refractivity contribution in [1.29, 1.82) is 0 Å². The molecule has 0 bridgehead atoms. The van der Waals surface area contributed by atoms with E-state index in [2.05, 4.69) is 5.32 Å². The maximum absolute atomic E-state index is 11.2. The molecule has 0 atom stereocenters. The van der Waals surface area contributed by atoms with Crippen LogP contribution in [0.5, 0.6) is 11.5 Å². The van der Waals surface area contributed by atoms with E-state index >= 15 is 0 Å². The summed E-state index contributed by atoms with van der Waals surface area (Å²) in [6, 6.07) is 25.9. The quantitative estimate of drug-likeness (QED) is 0.235. The summed E-state index contributed by atoms with van der Waals surface area (Å²) in [5.41, 5.74) is 3.12. The first kappa shape index (κ1) is 41.0. The van der Waals surface area contributed by atoms with Gasteiger partial charge in [-0.25, -0.2) is 0 Å². The number of rotatable bonds is 6. The molecule has 0 saturated carbocycles. The molecule has 0 spiro atoms. The van der Waals surface area contributed by atoms with Crippen molar-refractivity contribution in [1.82, 2.24) is 0 Å². The predicted octanol–water partition coefficient (Wildman–Crippen LogP) is 9.42. The number of Topliss-reactive ketones (excluding diaryl/α,β-unsaturated/α-hetero) is 3. The highest BCUT2D eigenvalue weighted by molar-refractivity contribution is 5.99. The highest BCUT2D eigenvalue weighted by Gasteiger charge is 2.02. The number of carbonyl (C=O) groups is 3. The van der Waals surface area contributed by atoms with Crippen molar-refractivity contribution in [3.05, 3.63) is 102 Å². The zero-order chi connectivity index (χ0) is 27.4. The number of anilines is 1. The number of hydrogen-bond donors (Lipinski definition) is 1. The lowest BCUT2D eigenvalue weighted by Crippen LogP contribution is -1.95. The first-order valence-corrected chi connectivity index (χ1v) is 11.7. The van der Waals surface area contributed by atoms with Gasteiger partial charge in [-0.1, -0.05) is 72.2 Å². The lowest BCUT2D eigenvalue weighted by Gasteiger charge is -2.03. The first-order chi connectivity index (χ1) is 17.7. The number of hydrogen-bond acceptors (Lipinski definition) is 6. The Kier molecular flexibility index (Phi) is 20.5. The van der Waals surface area contributed by atoms with E-state index in [0.29, 0.717) is 11.1 Å². The first-order valence-electron chi connectivity index (χ1n) is 11.7. The van der Waals surface area contributed by atoms with Gasteiger partial charge in [0.1, 0.15) is 11.5 Å². The third kappa shape index (κ3) is 13.0. The van der Waals surface area contributed by atoms with Crippen LogP contribution in [0.2, 0.25) is 0 Å². The van der Waals surface area contributed by atoms with Crippen LogP contribution < -0.4 is 14.8 Å². The predicted molar refractivity (Wildman–Crippen MR) is 176 cm³/mol. The van der Waals surface area contributed by atoms with Gasteiger partial charge in [0.25, 0.3) is 0 Å². The molecular weight excluding hydrogens is 514 g/mol. The van der Waals surface area contributed by atoms with Crippen molar-refractivity contribution >= 4 is 33.8 Å². The third-order valence-corrected chi connectivity index (χ3v) is 5.53. The molecule has 0 aliphatic heterocycles. The van der Waals surface area contributed by atoms with E-state index in [1.807, 2.05) is 67.7 Å². The molecule has 41 heavy (non-hydrogen) atoms. The molecule has 0 aliphatic carbocycles. The summed E-state index contributed by atoms with van der Waals surface area (Å²) >= 11 is 0. The topological polar surface area (TPSA) is 81.7 Å². The molecular formula is C35H49NO5. The van der Waals surface area contributed by atoms with E-state index < -0.39 is 0 Å². The summed E-state index contributed by atoms with van der Waals surface area (Å²) in [5.74, 6) is 1.85. The largest absolute Gasteiger partial charge is 0.497 e. The van der Waals surface area contributed by atoms with Gasteiger partial charge in [0.2, 0.25) is 0 Å². The Morgan fingerprint density at radius 3 is 1.27 bits per heavy atom.